The third kappa shape index (κ3) is 3.56. The fourth-order valence-electron chi connectivity index (χ4n) is 3.86. The van der Waals surface area contributed by atoms with Crippen LogP contribution in [0.5, 0.6) is 0 Å². The van der Waals surface area contributed by atoms with E-state index in [1.54, 1.807) is 0 Å². The predicted octanol–water partition coefficient (Wildman–Crippen LogP) is 2.78. The van der Waals surface area contributed by atoms with E-state index in [9.17, 15) is 9.18 Å². The number of likely N-dealkylation sites (tertiary alicyclic amines) is 1. The van der Waals surface area contributed by atoms with E-state index in [0.717, 1.165) is 50.4 Å². The molecular formula is C19H26FN3O. The number of halogens is 1. The van der Waals surface area contributed by atoms with E-state index >= 15 is 0 Å². The Balaban J connectivity index is 1.23. The summed E-state index contributed by atoms with van der Waals surface area (Å²) < 4.78 is 13.1. The summed E-state index contributed by atoms with van der Waals surface area (Å²) >= 11 is 0. The number of benzene rings is 1. The fraction of sp³-hybridized carbons (Fsp3) is 0.632. The summed E-state index contributed by atoms with van der Waals surface area (Å²) in [6, 6.07) is 7.75. The van der Waals surface area contributed by atoms with Crippen molar-refractivity contribution in [3.05, 3.63) is 35.6 Å². The molecule has 1 aromatic rings. The quantitative estimate of drug-likeness (QED) is 0.871. The molecular weight excluding hydrogens is 305 g/mol. The van der Waals surface area contributed by atoms with Gasteiger partial charge < -0.3 is 15.5 Å². The van der Waals surface area contributed by atoms with Gasteiger partial charge in [0.15, 0.2) is 0 Å². The number of hydrogen-bond donors (Lipinski definition) is 2. The minimum atomic E-state index is -0.210. The number of urea groups is 1. The van der Waals surface area contributed by atoms with E-state index in [4.69, 9.17) is 0 Å². The van der Waals surface area contributed by atoms with Crippen molar-refractivity contribution in [3.63, 3.8) is 0 Å². The maximum atomic E-state index is 13.1. The Labute approximate surface area is 142 Å². The Hall–Kier alpha value is -1.62. The van der Waals surface area contributed by atoms with Gasteiger partial charge in [-0.25, -0.2) is 9.18 Å². The van der Waals surface area contributed by atoms with Crippen molar-refractivity contribution in [1.82, 2.24) is 15.5 Å². The largest absolute Gasteiger partial charge is 0.337 e. The molecule has 0 unspecified atom stereocenters. The average Bonchev–Trinajstić information content (AvgIpc) is 3.48. The molecule has 0 radical (unpaired) electrons. The van der Waals surface area contributed by atoms with Gasteiger partial charge in [0.05, 0.1) is 0 Å². The fourth-order valence-corrected chi connectivity index (χ4v) is 3.86. The molecule has 5 heteroatoms. The molecule has 130 valence electrons. The number of carbonyl (C=O) groups excluding carboxylic acids is 1. The van der Waals surface area contributed by atoms with Gasteiger partial charge in [0.25, 0.3) is 0 Å². The van der Waals surface area contributed by atoms with Gasteiger partial charge in [0, 0.05) is 37.1 Å². The molecule has 2 aliphatic carbocycles. The second kappa shape index (κ2) is 6.36. The summed E-state index contributed by atoms with van der Waals surface area (Å²) in [5.74, 6) is -0.210. The van der Waals surface area contributed by atoms with Crippen molar-refractivity contribution in [2.75, 3.05) is 19.6 Å². The van der Waals surface area contributed by atoms with Gasteiger partial charge >= 0.3 is 6.03 Å². The van der Waals surface area contributed by atoms with Crippen LogP contribution >= 0.6 is 0 Å². The molecule has 1 aromatic carbocycles. The number of nitrogens with one attached hydrogen (secondary N) is 2. The monoisotopic (exact) mass is 331 g/mol. The SMILES string of the molecule is O=C(NCC1(c2ccc(F)cc2)CC1)NC1CCN(C2CC2)CC1. The van der Waals surface area contributed by atoms with Gasteiger partial charge in [-0.1, -0.05) is 12.1 Å². The van der Waals surface area contributed by atoms with Crippen LogP contribution in [0.15, 0.2) is 24.3 Å². The number of carbonyl (C=O) groups is 1. The number of piperidine rings is 1. The summed E-state index contributed by atoms with van der Waals surface area (Å²) in [6.07, 6.45) is 6.91. The Morgan fingerprint density at radius 2 is 1.79 bits per heavy atom. The van der Waals surface area contributed by atoms with Crippen LogP contribution in [0.1, 0.15) is 44.1 Å². The first-order valence-corrected chi connectivity index (χ1v) is 9.19. The molecule has 0 spiro atoms. The average molecular weight is 331 g/mol. The maximum absolute atomic E-state index is 13.1. The molecule has 3 fully saturated rings. The van der Waals surface area contributed by atoms with Crippen LogP contribution in [0.3, 0.4) is 0 Å². The third-order valence-corrected chi connectivity index (χ3v) is 5.83. The van der Waals surface area contributed by atoms with Crippen LogP contribution in [0.25, 0.3) is 0 Å². The summed E-state index contributed by atoms with van der Waals surface area (Å²) in [5, 5.41) is 6.16. The Morgan fingerprint density at radius 1 is 1.12 bits per heavy atom. The second-order valence-electron chi connectivity index (χ2n) is 7.66. The Bertz CT molecular complexity index is 587. The van der Waals surface area contributed by atoms with Gasteiger partial charge in [-0.3, -0.25) is 0 Å². The number of amides is 2. The lowest BCUT2D eigenvalue weighted by molar-refractivity contribution is 0.185. The zero-order chi connectivity index (χ0) is 16.6. The highest BCUT2D eigenvalue weighted by Crippen LogP contribution is 2.47. The van der Waals surface area contributed by atoms with Gasteiger partial charge in [0.2, 0.25) is 0 Å². The van der Waals surface area contributed by atoms with Crippen molar-refractivity contribution in [2.45, 2.75) is 56.0 Å². The Kier molecular flexibility index (Phi) is 4.21. The minimum absolute atomic E-state index is 0.0143. The number of rotatable bonds is 5. The molecule has 4 nitrogen and oxygen atoms in total. The molecule has 24 heavy (non-hydrogen) atoms. The standard InChI is InChI=1S/C19H26FN3O/c20-15-3-1-14(2-4-15)19(9-10-19)13-21-18(24)22-16-7-11-23(12-8-16)17-5-6-17/h1-4,16-17H,5-13H2,(H2,21,22,24). The van der Waals surface area contributed by atoms with E-state index in [1.165, 1.54) is 25.0 Å². The normalized spacial score (nSPS) is 23.7. The van der Waals surface area contributed by atoms with E-state index in [0.29, 0.717) is 12.6 Å². The van der Waals surface area contributed by atoms with Crippen LogP contribution in [-0.2, 0) is 5.41 Å². The van der Waals surface area contributed by atoms with Crippen molar-refractivity contribution in [3.8, 4) is 0 Å². The number of nitrogens with zero attached hydrogens (tertiary/aromatic N) is 1. The topological polar surface area (TPSA) is 44.4 Å². The lowest BCUT2D eigenvalue weighted by Crippen LogP contribution is -2.49. The number of hydrogen-bond acceptors (Lipinski definition) is 2. The first-order chi connectivity index (χ1) is 11.6. The van der Waals surface area contributed by atoms with Crippen molar-refractivity contribution >= 4 is 6.03 Å². The van der Waals surface area contributed by atoms with Crippen molar-refractivity contribution in [1.29, 1.82) is 0 Å². The lowest BCUT2D eigenvalue weighted by atomic mass is 9.96. The summed E-state index contributed by atoms with van der Waals surface area (Å²) in [6.45, 7) is 2.84. The second-order valence-corrected chi connectivity index (χ2v) is 7.66. The van der Waals surface area contributed by atoms with Gasteiger partial charge in [-0.15, -0.1) is 0 Å². The first-order valence-electron chi connectivity index (χ1n) is 9.19. The maximum Gasteiger partial charge on any atom is 0.315 e. The molecule has 2 N–H and O–H groups in total. The van der Waals surface area contributed by atoms with Crippen LogP contribution in [0, 0.1) is 5.82 Å². The molecule has 0 aromatic heterocycles. The lowest BCUT2D eigenvalue weighted by Gasteiger charge is -2.32. The van der Waals surface area contributed by atoms with Crippen LogP contribution in [-0.4, -0.2) is 42.6 Å². The summed E-state index contributed by atoms with van der Waals surface area (Å²) in [4.78, 5) is 14.8. The van der Waals surface area contributed by atoms with Crippen LogP contribution in [0.4, 0.5) is 9.18 Å². The zero-order valence-corrected chi connectivity index (χ0v) is 14.1. The van der Waals surface area contributed by atoms with E-state index in [-0.39, 0.29) is 17.3 Å². The van der Waals surface area contributed by atoms with Gasteiger partial charge in [0.1, 0.15) is 5.82 Å². The van der Waals surface area contributed by atoms with Gasteiger partial charge in [-0.05, 0) is 56.2 Å². The van der Waals surface area contributed by atoms with E-state index in [1.807, 2.05) is 12.1 Å². The van der Waals surface area contributed by atoms with E-state index in [2.05, 4.69) is 15.5 Å². The first kappa shape index (κ1) is 15.9. The molecule has 1 heterocycles. The molecule has 1 aliphatic heterocycles. The van der Waals surface area contributed by atoms with Crippen LogP contribution < -0.4 is 10.6 Å². The molecule has 2 amide bonds. The van der Waals surface area contributed by atoms with Crippen molar-refractivity contribution in [2.24, 2.45) is 0 Å². The highest BCUT2D eigenvalue weighted by molar-refractivity contribution is 5.74. The highest BCUT2D eigenvalue weighted by atomic mass is 19.1. The van der Waals surface area contributed by atoms with Crippen LogP contribution in [0.2, 0.25) is 0 Å². The summed E-state index contributed by atoms with van der Waals surface area (Å²) in [7, 11) is 0. The molecule has 0 bridgehead atoms. The smallest absolute Gasteiger partial charge is 0.315 e. The Morgan fingerprint density at radius 3 is 2.38 bits per heavy atom. The zero-order valence-electron chi connectivity index (χ0n) is 14.1. The third-order valence-electron chi connectivity index (χ3n) is 5.83. The van der Waals surface area contributed by atoms with Gasteiger partial charge in [-0.2, -0.15) is 0 Å². The molecule has 3 aliphatic rings. The summed E-state index contributed by atoms with van der Waals surface area (Å²) in [5.41, 5.74) is 1.14. The van der Waals surface area contributed by atoms with E-state index < -0.39 is 0 Å². The molecule has 2 saturated carbocycles. The highest BCUT2D eigenvalue weighted by Gasteiger charge is 2.44. The molecule has 4 rings (SSSR count). The minimum Gasteiger partial charge on any atom is -0.337 e. The predicted molar refractivity (Wildman–Crippen MR) is 91.5 cm³/mol. The van der Waals surface area contributed by atoms with Crippen molar-refractivity contribution < 1.29 is 9.18 Å². The molecule has 0 atom stereocenters. The molecule has 1 saturated heterocycles.